The van der Waals surface area contributed by atoms with Crippen LogP contribution in [0, 0.1) is 5.53 Å². The van der Waals surface area contributed by atoms with E-state index in [1.54, 1.807) is 24.6 Å². The van der Waals surface area contributed by atoms with Gasteiger partial charge in [0.1, 0.15) is 5.52 Å². The van der Waals surface area contributed by atoms with Crippen molar-refractivity contribution in [3.05, 3.63) is 24.6 Å². The fraction of sp³-hybridized carbons (Fsp3) is 0. The maximum absolute atomic E-state index is 6.73. The zero-order chi connectivity index (χ0) is 6.97. The van der Waals surface area contributed by atoms with Crippen LogP contribution in [0.1, 0.15) is 0 Å². The molecule has 0 saturated carbocycles. The summed E-state index contributed by atoms with van der Waals surface area (Å²) in [6.45, 7) is 0. The molecule has 0 saturated heterocycles. The number of furan rings is 1. The Hall–Kier alpha value is -1.58. The summed E-state index contributed by atoms with van der Waals surface area (Å²) in [5.41, 5.74) is 8.32. The van der Waals surface area contributed by atoms with Crippen molar-refractivity contribution >= 4 is 11.1 Å². The minimum atomic E-state index is 0.760. The maximum atomic E-state index is 6.73. The minimum absolute atomic E-state index is 0.760. The monoisotopic (exact) mass is 135 g/mol. The van der Waals surface area contributed by atoms with Gasteiger partial charge in [0, 0.05) is 18.3 Å². The molecule has 0 aliphatic carbocycles. The highest BCUT2D eigenvalue weighted by Gasteiger charge is 1.99. The number of rotatable bonds is 1. The lowest BCUT2D eigenvalue weighted by Crippen LogP contribution is -1.78. The Labute approximate surface area is 56.5 Å². The average Bonchev–Trinajstić information content (AvgIpc) is 2.44. The molecular weight excluding hydrogens is 130 g/mol. The number of nitrogens with zero attached hydrogens (tertiary/aromatic N) is 2. The first-order chi connectivity index (χ1) is 4.92. The van der Waals surface area contributed by atoms with E-state index in [0.29, 0.717) is 0 Å². The van der Waals surface area contributed by atoms with Gasteiger partial charge < -0.3 is 4.42 Å². The average molecular weight is 135 g/mol. The van der Waals surface area contributed by atoms with Gasteiger partial charge >= 0.3 is 0 Å². The Kier molecular flexibility index (Phi) is 0.887. The van der Waals surface area contributed by atoms with Gasteiger partial charge in [0.25, 0.3) is 0 Å². The van der Waals surface area contributed by atoms with Crippen molar-refractivity contribution < 1.29 is 4.42 Å². The molecule has 0 amide bonds. The van der Waals surface area contributed by atoms with Crippen LogP contribution in [0.2, 0.25) is 0 Å². The van der Waals surface area contributed by atoms with E-state index in [2.05, 4.69) is 5.22 Å². The summed E-state index contributed by atoms with van der Waals surface area (Å²) in [5, 5.41) is 3.24. The molecule has 2 heterocycles. The summed E-state index contributed by atoms with van der Waals surface area (Å²) in [4.78, 5) is 0. The number of fused-ring (bicyclic) bond motifs is 1. The van der Waals surface area contributed by atoms with Crippen LogP contribution in [0.5, 0.6) is 0 Å². The standard InChI is InChI=1S/C6H5N3O/c7-8-9-3-1-6-5(9)2-4-10-6/h1-4,7H. The van der Waals surface area contributed by atoms with E-state index in [9.17, 15) is 0 Å². The lowest BCUT2D eigenvalue weighted by Gasteiger charge is -1.84. The maximum Gasteiger partial charge on any atom is 0.153 e. The topological polar surface area (TPSA) is 54.3 Å². The van der Waals surface area contributed by atoms with E-state index in [-0.39, 0.29) is 0 Å². The van der Waals surface area contributed by atoms with Crippen LogP contribution in [-0.2, 0) is 0 Å². The second-order valence-corrected chi connectivity index (χ2v) is 1.93. The number of aromatic nitrogens is 1. The highest BCUT2D eigenvalue weighted by atomic mass is 16.3. The van der Waals surface area contributed by atoms with Crippen LogP contribution in [0.25, 0.3) is 11.1 Å². The second-order valence-electron chi connectivity index (χ2n) is 1.93. The van der Waals surface area contributed by atoms with E-state index in [0.717, 1.165) is 11.1 Å². The van der Waals surface area contributed by atoms with Crippen LogP contribution in [0.3, 0.4) is 0 Å². The molecule has 0 radical (unpaired) electrons. The van der Waals surface area contributed by atoms with Crippen molar-refractivity contribution in [3.63, 3.8) is 0 Å². The van der Waals surface area contributed by atoms with Crippen LogP contribution >= 0.6 is 0 Å². The van der Waals surface area contributed by atoms with Crippen LogP contribution in [0.15, 0.2) is 34.2 Å². The highest BCUT2D eigenvalue weighted by Crippen LogP contribution is 2.15. The molecule has 2 aromatic rings. The Bertz CT molecular complexity index is 360. The molecule has 0 spiro atoms. The van der Waals surface area contributed by atoms with Gasteiger partial charge in [-0.25, -0.2) is 4.68 Å². The van der Waals surface area contributed by atoms with Crippen molar-refractivity contribution in [2.24, 2.45) is 5.22 Å². The zero-order valence-corrected chi connectivity index (χ0v) is 5.11. The Morgan fingerprint density at radius 3 is 3.20 bits per heavy atom. The number of hydrogen-bond donors (Lipinski definition) is 1. The second kappa shape index (κ2) is 1.70. The van der Waals surface area contributed by atoms with Gasteiger partial charge in [-0.1, -0.05) is 5.22 Å². The van der Waals surface area contributed by atoms with E-state index in [1.807, 2.05) is 0 Å². The third-order valence-corrected chi connectivity index (χ3v) is 1.40. The van der Waals surface area contributed by atoms with Crippen molar-refractivity contribution in [1.82, 2.24) is 4.68 Å². The normalized spacial score (nSPS) is 10.4. The molecule has 4 nitrogen and oxygen atoms in total. The molecule has 0 atom stereocenters. The molecule has 10 heavy (non-hydrogen) atoms. The molecule has 2 aromatic heterocycles. The Balaban J connectivity index is 2.88. The minimum Gasteiger partial charge on any atom is -0.463 e. The molecule has 4 heteroatoms. The summed E-state index contributed by atoms with van der Waals surface area (Å²) in [6, 6.07) is 3.54. The molecule has 0 bridgehead atoms. The van der Waals surface area contributed by atoms with Gasteiger partial charge in [0.05, 0.1) is 6.26 Å². The molecule has 0 aromatic carbocycles. The Morgan fingerprint density at radius 2 is 2.40 bits per heavy atom. The molecule has 0 fully saturated rings. The van der Waals surface area contributed by atoms with Crippen molar-refractivity contribution in [3.8, 4) is 0 Å². The first kappa shape index (κ1) is 5.22. The molecular formula is C6H5N3O. The smallest absolute Gasteiger partial charge is 0.153 e. The summed E-state index contributed by atoms with van der Waals surface area (Å²) in [7, 11) is 0. The predicted molar refractivity (Wildman–Crippen MR) is 34.7 cm³/mol. The van der Waals surface area contributed by atoms with Crippen LogP contribution < -0.4 is 0 Å². The van der Waals surface area contributed by atoms with Crippen LogP contribution in [0.4, 0.5) is 0 Å². The third-order valence-electron chi connectivity index (χ3n) is 1.40. The van der Waals surface area contributed by atoms with E-state index in [4.69, 9.17) is 9.95 Å². The highest BCUT2D eigenvalue weighted by molar-refractivity contribution is 5.73. The number of nitrogens with one attached hydrogen (secondary N) is 1. The Morgan fingerprint density at radius 1 is 1.50 bits per heavy atom. The van der Waals surface area contributed by atoms with E-state index < -0.39 is 0 Å². The third kappa shape index (κ3) is 0.500. The van der Waals surface area contributed by atoms with Crippen molar-refractivity contribution in [1.29, 1.82) is 5.53 Å². The summed E-state index contributed by atoms with van der Waals surface area (Å²) in [6.07, 6.45) is 3.26. The summed E-state index contributed by atoms with van der Waals surface area (Å²) in [5.74, 6) is 0. The van der Waals surface area contributed by atoms with Crippen molar-refractivity contribution in [2.45, 2.75) is 0 Å². The molecule has 1 N–H and O–H groups in total. The largest absolute Gasteiger partial charge is 0.463 e. The predicted octanol–water partition coefficient (Wildman–Crippen LogP) is 2.03. The molecule has 50 valence electrons. The van der Waals surface area contributed by atoms with Gasteiger partial charge in [0.15, 0.2) is 5.58 Å². The lowest BCUT2D eigenvalue weighted by atomic mass is 10.5. The molecule has 0 aliphatic heterocycles. The van der Waals surface area contributed by atoms with Crippen molar-refractivity contribution in [2.75, 3.05) is 0 Å². The first-order valence-corrected chi connectivity index (χ1v) is 2.84. The van der Waals surface area contributed by atoms with Gasteiger partial charge in [-0.2, -0.15) is 5.53 Å². The number of hydrogen-bond acceptors (Lipinski definition) is 3. The SMILES string of the molecule is N=Nn1ccc2occc21. The van der Waals surface area contributed by atoms with Gasteiger partial charge in [-0.15, -0.1) is 0 Å². The fourth-order valence-electron chi connectivity index (χ4n) is 0.934. The molecule has 0 unspecified atom stereocenters. The summed E-state index contributed by atoms with van der Waals surface area (Å²) >= 11 is 0. The van der Waals surface area contributed by atoms with Crippen LogP contribution in [-0.4, -0.2) is 4.68 Å². The fourth-order valence-corrected chi connectivity index (χ4v) is 0.934. The van der Waals surface area contributed by atoms with E-state index in [1.165, 1.54) is 4.68 Å². The molecule has 2 rings (SSSR count). The lowest BCUT2D eigenvalue weighted by molar-refractivity contribution is 0.616. The summed E-state index contributed by atoms with van der Waals surface area (Å²) < 4.78 is 6.48. The molecule has 0 aliphatic rings. The quantitative estimate of drug-likeness (QED) is 0.597. The van der Waals surface area contributed by atoms with Gasteiger partial charge in [-0.3, -0.25) is 0 Å². The van der Waals surface area contributed by atoms with E-state index >= 15 is 0 Å². The van der Waals surface area contributed by atoms with Gasteiger partial charge in [-0.05, 0) is 0 Å². The first-order valence-electron chi connectivity index (χ1n) is 2.84. The zero-order valence-electron chi connectivity index (χ0n) is 5.11. The van der Waals surface area contributed by atoms with Gasteiger partial charge in [0.2, 0.25) is 0 Å².